The number of ether oxygens (including phenoxy) is 1. The third-order valence-corrected chi connectivity index (χ3v) is 4.95. The zero-order valence-electron chi connectivity index (χ0n) is 17.2. The number of carbonyl (C=O) groups is 1. The molecule has 2 aromatic heterocycles. The highest BCUT2D eigenvalue weighted by atomic mass is 16.6. The first-order chi connectivity index (χ1) is 14.9. The fourth-order valence-corrected chi connectivity index (χ4v) is 3.37. The molecule has 0 aliphatic heterocycles. The van der Waals surface area contributed by atoms with Crippen LogP contribution in [0, 0.1) is 24.0 Å². The SMILES string of the molecule is COc1ccc([N+](=O)[O-])cc1NC(=O)c1c(-c2ccc(C)cc2)nc2ccc(C)cn12. The van der Waals surface area contributed by atoms with Crippen LogP contribution >= 0.6 is 0 Å². The molecule has 0 unspecified atom stereocenters. The lowest BCUT2D eigenvalue weighted by atomic mass is 10.1. The number of rotatable bonds is 5. The molecule has 4 rings (SSSR count). The molecule has 4 aromatic rings. The Hall–Kier alpha value is -4.20. The van der Waals surface area contributed by atoms with Gasteiger partial charge in [0.15, 0.2) is 0 Å². The summed E-state index contributed by atoms with van der Waals surface area (Å²) in [5.74, 6) is -0.131. The van der Waals surface area contributed by atoms with Crippen molar-refractivity contribution in [3.05, 3.63) is 87.7 Å². The summed E-state index contributed by atoms with van der Waals surface area (Å²) in [6, 6.07) is 15.5. The largest absolute Gasteiger partial charge is 0.495 e. The van der Waals surface area contributed by atoms with Gasteiger partial charge in [-0.2, -0.15) is 0 Å². The molecule has 0 saturated carbocycles. The fourth-order valence-electron chi connectivity index (χ4n) is 3.37. The molecule has 0 aliphatic rings. The lowest BCUT2D eigenvalue weighted by Gasteiger charge is -2.11. The molecule has 156 valence electrons. The summed E-state index contributed by atoms with van der Waals surface area (Å²) < 4.78 is 7.00. The van der Waals surface area contributed by atoms with Crippen molar-refractivity contribution in [2.45, 2.75) is 13.8 Å². The van der Waals surface area contributed by atoms with Gasteiger partial charge in [-0.3, -0.25) is 19.3 Å². The van der Waals surface area contributed by atoms with E-state index in [9.17, 15) is 14.9 Å². The molecule has 31 heavy (non-hydrogen) atoms. The minimum Gasteiger partial charge on any atom is -0.495 e. The maximum atomic E-state index is 13.4. The summed E-state index contributed by atoms with van der Waals surface area (Å²) in [6.45, 7) is 3.91. The zero-order chi connectivity index (χ0) is 22.1. The lowest BCUT2D eigenvalue weighted by molar-refractivity contribution is -0.384. The Morgan fingerprint density at radius 1 is 1.06 bits per heavy atom. The molecule has 2 heterocycles. The number of nitrogens with one attached hydrogen (secondary N) is 1. The Labute approximate surface area is 178 Å². The van der Waals surface area contributed by atoms with Crippen molar-refractivity contribution in [1.29, 1.82) is 0 Å². The van der Waals surface area contributed by atoms with Gasteiger partial charge in [0, 0.05) is 23.9 Å². The Morgan fingerprint density at radius 2 is 1.77 bits per heavy atom. The van der Waals surface area contributed by atoms with Gasteiger partial charge in [0.25, 0.3) is 11.6 Å². The smallest absolute Gasteiger partial charge is 0.275 e. The summed E-state index contributed by atoms with van der Waals surface area (Å²) in [5.41, 5.74) is 4.38. The number of hydrogen-bond donors (Lipinski definition) is 1. The number of aromatic nitrogens is 2. The molecule has 0 fully saturated rings. The first-order valence-corrected chi connectivity index (χ1v) is 9.57. The van der Waals surface area contributed by atoms with Gasteiger partial charge in [0.05, 0.1) is 17.7 Å². The topological polar surface area (TPSA) is 98.8 Å². The highest BCUT2D eigenvalue weighted by Crippen LogP contribution is 2.31. The van der Waals surface area contributed by atoms with Crippen LogP contribution in [0.5, 0.6) is 5.75 Å². The van der Waals surface area contributed by atoms with E-state index in [-0.39, 0.29) is 11.4 Å². The van der Waals surface area contributed by atoms with Crippen molar-refractivity contribution in [3.63, 3.8) is 0 Å². The highest BCUT2D eigenvalue weighted by molar-refractivity contribution is 6.08. The minimum atomic E-state index is -0.523. The molecule has 0 aliphatic carbocycles. The number of carbonyl (C=O) groups excluding carboxylic acids is 1. The summed E-state index contributed by atoms with van der Waals surface area (Å²) in [7, 11) is 1.44. The molecule has 8 heteroatoms. The number of hydrogen-bond acceptors (Lipinski definition) is 5. The van der Waals surface area contributed by atoms with Crippen molar-refractivity contribution in [2.24, 2.45) is 0 Å². The van der Waals surface area contributed by atoms with Crippen LogP contribution in [0.4, 0.5) is 11.4 Å². The van der Waals surface area contributed by atoms with E-state index in [2.05, 4.69) is 10.3 Å². The molecular weight excluding hydrogens is 396 g/mol. The van der Waals surface area contributed by atoms with Crippen LogP contribution in [-0.2, 0) is 0 Å². The molecule has 1 amide bonds. The van der Waals surface area contributed by atoms with Crippen LogP contribution in [0.25, 0.3) is 16.9 Å². The van der Waals surface area contributed by atoms with Gasteiger partial charge in [-0.1, -0.05) is 35.9 Å². The van der Waals surface area contributed by atoms with Gasteiger partial charge in [-0.05, 0) is 31.5 Å². The van der Waals surface area contributed by atoms with E-state index in [0.29, 0.717) is 22.8 Å². The highest BCUT2D eigenvalue weighted by Gasteiger charge is 2.23. The predicted octanol–water partition coefficient (Wildman–Crippen LogP) is 4.79. The number of benzene rings is 2. The normalized spacial score (nSPS) is 10.8. The molecule has 0 radical (unpaired) electrons. The van der Waals surface area contributed by atoms with Gasteiger partial charge in [0.1, 0.15) is 22.8 Å². The second kappa shape index (κ2) is 7.91. The molecule has 0 atom stereocenters. The van der Waals surface area contributed by atoms with E-state index in [1.807, 2.05) is 56.4 Å². The minimum absolute atomic E-state index is 0.149. The van der Waals surface area contributed by atoms with E-state index in [4.69, 9.17) is 4.74 Å². The molecule has 0 saturated heterocycles. The molecule has 0 spiro atoms. The van der Waals surface area contributed by atoms with E-state index >= 15 is 0 Å². The number of imidazole rings is 1. The van der Waals surface area contributed by atoms with Gasteiger partial charge in [-0.25, -0.2) is 4.98 Å². The van der Waals surface area contributed by atoms with E-state index in [1.54, 1.807) is 4.40 Å². The second-order valence-electron chi connectivity index (χ2n) is 7.21. The maximum absolute atomic E-state index is 13.4. The van der Waals surface area contributed by atoms with Crippen LogP contribution < -0.4 is 10.1 Å². The first kappa shape index (κ1) is 20.1. The van der Waals surface area contributed by atoms with Crippen LogP contribution in [0.3, 0.4) is 0 Å². The Balaban J connectivity index is 1.85. The van der Waals surface area contributed by atoms with E-state index in [1.165, 1.54) is 25.3 Å². The molecule has 2 aromatic carbocycles. The molecule has 0 bridgehead atoms. The number of fused-ring (bicyclic) bond motifs is 1. The number of anilines is 1. The second-order valence-corrected chi connectivity index (χ2v) is 7.21. The van der Waals surface area contributed by atoms with Crippen molar-refractivity contribution in [3.8, 4) is 17.0 Å². The van der Waals surface area contributed by atoms with Crippen LogP contribution in [0.1, 0.15) is 21.6 Å². The summed E-state index contributed by atoms with van der Waals surface area (Å²) >= 11 is 0. The molecular formula is C23H20N4O4. The Morgan fingerprint density at radius 3 is 2.45 bits per heavy atom. The average molecular weight is 416 g/mol. The monoisotopic (exact) mass is 416 g/mol. The fraction of sp³-hybridized carbons (Fsp3) is 0.130. The van der Waals surface area contributed by atoms with Gasteiger partial charge in [-0.15, -0.1) is 0 Å². The summed E-state index contributed by atoms with van der Waals surface area (Å²) in [6.07, 6.45) is 1.83. The van der Waals surface area contributed by atoms with Crippen LogP contribution in [0.15, 0.2) is 60.8 Å². The number of nitro benzene ring substituents is 1. The quantitative estimate of drug-likeness (QED) is 0.373. The number of nitrogens with zero attached hydrogens (tertiary/aromatic N) is 3. The van der Waals surface area contributed by atoms with Crippen molar-refractivity contribution >= 4 is 22.9 Å². The first-order valence-electron chi connectivity index (χ1n) is 9.57. The average Bonchev–Trinajstić information content (AvgIpc) is 3.12. The van der Waals surface area contributed by atoms with Crippen molar-refractivity contribution in [2.75, 3.05) is 12.4 Å². The van der Waals surface area contributed by atoms with Crippen LogP contribution in [0.2, 0.25) is 0 Å². The number of aryl methyl sites for hydroxylation is 2. The van der Waals surface area contributed by atoms with Gasteiger partial charge in [0.2, 0.25) is 0 Å². The van der Waals surface area contributed by atoms with Gasteiger partial charge < -0.3 is 10.1 Å². The van der Waals surface area contributed by atoms with Crippen LogP contribution in [-0.4, -0.2) is 27.3 Å². The standard InChI is InChI=1S/C23H20N4O4/c1-14-4-7-16(8-5-14)21-22(26-13-15(2)6-11-20(26)25-21)23(28)24-18-12-17(27(29)30)9-10-19(18)31-3/h4-13H,1-3H3,(H,24,28). The number of nitro groups is 1. The van der Waals surface area contributed by atoms with E-state index in [0.717, 1.165) is 16.7 Å². The van der Waals surface area contributed by atoms with Crippen molar-refractivity contribution in [1.82, 2.24) is 9.38 Å². The number of non-ortho nitro benzene ring substituents is 1. The summed E-state index contributed by atoms with van der Waals surface area (Å²) in [4.78, 5) is 28.7. The number of pyridine rings is 1. The van der Waals surface area contributed by atoms with Crippen molar-refractivity contribution < 1.29 is 14.5 Å². The third kappa shape index (κ3) is 3.83. The molecule has 8 nitrogen and oxygen atoms in total. The predicted molar refractivity (Wildman–Crippen MR) is 118 cm³/mol. The number of amides is 1. The Bertz CT molecular complexity index is 1310. The Kier molecular flexibility index (Phi) is 5.12. The van der Waals surface area contributed by atoms with E-state index < -0.39 is 10.8 Å². The number of methoxy groups -OCH3 is 1. The van der Waals surface area contributed by atoms with Gasteiger partial charge >= 0.3 is 0 Å². The third-order valence-electron chi connectivity index (χ3n) is 4.95. The summed E-state index contributed by atoms with van der Waals surface area (Å²) in [5, 5.41) is 13.9. The maximum Gasteiger partial charge on any atom is 0.275 e. The zero-order valence-corrected chi connectivity index (χ0v) is 17.2. The lowest BCUT2D eigenvalue weighted by Crippen LogP contribution is -2.16. The molecule has 1 N–H and O–H groups in total.